The van der Waals surface area contributed by atoms with Gasteiger partial charge in [0.05, 0.1) is 38.6 Å². The Morgan fingerprint density at radius 1 is 0.313 bits per heavy atom. The molecule has 3 saturated heterocycles. The highest BCUT2D eigenvalue weighted by molar-refractivity contribution is 5.76. The molecule has 1 amide bonds. The van der Waals surface area contributed by atoms with Crippen LogP contribution in [0.25, 0.3) is 0 Å². The van der Waals surface area contributed by atoms with Gasteiger partial charge in [-0.1, -0.05) is 382 Å². The first-order valence-electron chi connectivity index (χ1n) is 47.7. The number of hydrogen-bond donors (Lipinski definition) is 12. The van der Waals surface area contributed by atoms with Crippen LogP contribution in [0.3, 0.4) is 0 Å². The van der Waals surface area contributed by atoms with Crippen LogP contribution in [0.5, 0.6) is 0 Å². The Morgan fingerprint density at radius 3 is 0.930 bits per heavy atom. The predicted octanol–water partition coefficient (Wildman–Crippen LogP) is 19.1. The van der Waals surface area contributed by atoms with Crippen LogP contribution in [0, 0.1) is 0 Å². The molecule has 19 heteroatoms. The van der Waals surface area contributed by atoms with Gasteiger partial charge in [0, 0.05) is 6.42 Å². The van der Waals surface area contributed by atoms with Gasteiger partial charge in [-0.15, -0.1) is 0 Å². The zero-order valence-corrected chi connectivity index (χ0v) is 72.8. The van der Waals surface area contributed by atoms with Crippen molar-refractivity contribution in [2.45, 2.75) is 503 Å². The normalized spacial score (nSPS) is 24.9. The molecule has 0 aromatic rings. The molecule has 17 atom stereocenters. The maximum atomic E-state index is 13.5. The quantitative estimate of drug-likeness (QED) is 0.0199. The fraction of sp³-hybridized carbons (Fsp3) is 0.865. The zero-order chi connectivity index (χ0) is 83.1. The van der Waals surface area contributed by atoms with E-state index in [1.165, 1.54) is 308 Å². The minimum atomic E-state index is -1.99. The molecule has 0 bridgehead atoms. The van der Waals surface area contributed by atoms with E-state index in [-0.39, 0.29) is 18.9 Å². The smallest absolute Gasteiger partial charge is 0.220 e. The van der Waals surface area contributed by atoms with Crippen molar-refractivity contribution in [3.8, 4) is 0 Å². The summed E-state index contributed by atoms with van der Waals surface area (Å²) in [5.74, 6) is -0.284. The maximum Gasteiger partial charge on any atom is 0.220 e. The Balaban J connectivity index is 1.32. The molecular weight excluding hydrogens is 1460 g/mol. The van der Waals surface area contributed by atoms with E-state index in [0.717, 1.165) is 57.8 Å². The molecule has 19 nitrogen and oxygen atoms in total. The summed E-state index contributed by atoms with van der Waals surface area (Å²) >= 11 is 0. The third-order valence-corrected chi connectivity index (χ3v) is 23.5. The van der Waals surface area contributed by atoms with E-state index in [9.17, 15) is 61.0 Å². The third kappa shape index (κ3) is 53.0. The van der Waals surface area contributed by atoms with Gasteiger partial charge in [-0.25, -0.2) is 0 Å². The summed E-state index contributed by atoms with van der Waals surface area (Å²) in [6, 6.07) is -1.00. The second kappa shape index (κ2) is 75.0. The van der Waals surface area contributed by atoms with Crippen LogP contribution < -0.4 is 5.32 Å². The van der Waals surface area contributed by atoms with Gasteiger partial charge in [0.15, 0.2) is 18.9 Å². The number of hydrogen-bond acceptors (Lipinski definition) is 18. The minimum Gasteiger partial charge on any atom is -0.394 e. The van der Waals surface area contributed by atoms with Crippen LogP contribution in [0.4, 0.5) is 0 Å². The number of ether oxygens (including phenoxy) is 6. The molecule has 3 fully saturated rings. The lowest BCUT2D eigenvalue weighted by molar-refractivity contribution is -0.379. The van der Waals surface area contributed by atoms with E-state index >= 15 is 0 Å². The first-order valence-corrected chi connectivity index (χ1v) is 47.7. The largest absolute Gasteiger partial charge is 0.394 e. The Kier molecular flexibility index (Phi) is 69.4. The van der Waals surface area contributed by atoms with Gasteiger partial charge in [-0.3, -0.25) is 4.79 Å². The molecule has 3 aliphatic rings. The van der Waals surface area contributed by atoms with Crippen molar-refractivity contribution in [3.63, 3.8) is 0 Å². The number of aliphatic hydroxyl groups is 11. The van der Waals surface area contributed by atoms with Crippen molar-refractivity contribution in [1.82, 2.24) is 5.32 Å². The van der Waals surface area contributed by atoms with Gasteiger partial charge >= 0.3 is 0 Å². The molecule has 0 aromatic heterocycles. The fourth-order valence-corrected chi connectivity index (χ4v) is 15.9. The monoisotopic (exact) mass is 1630 g/mol. The van der Waals surface area contributed by atoms with Crippen molar-refractivity contribution < 1.29 is 89.4 Å². The number of carbonyl (C=O) groups excluding carboxylic acids is 1. The number of nitrogens with one attached hydrogen (secondary N) is 1. The SMILES string of the molecule is CCCCCCC/C=C\C/C=C\C/C=C\CCCCCCCCCCCCCCCCCCCCCCCCC(=O)NC(COC1OC(CO)C(OC2OC(CO)C(OC3OC(CO)C(O)C(O)C3O)C(O)C2O)C(O)C1O)C(O)/C=C/CC/C=C/CC/C=C/CCCCCCCCCCCCCCCCCCCCCCCCC. The van der Waals surface area contributed by atoms with Crippen molar-refractivity contribution in [2.24, 2.45) is 0 Å². The molecule has 0 aromatic carbocycles. The molecule has 672 valence electrons. The summed E-state index contributed by atoms with van der Waals surface area (Å²) in [6.07, 6.45) is 75.1. The van der Waals surface area contributed by atoms with Gasteiger partial charge in [0.25, 0.3) is 0 Å². The first kappa shape index (κ1) is 106. The molecular formula is C96H175NO18. The van der Waals surface area contributed by atoms with Gasteiger partial charge in [-0.05, 0) is 83.5 Å². The van der Waals surface area contributed by atoms with Gasteiger partial charge in [0.1, 0.15) is 73.2 Å². The highest BCUT2D eigenvalue weighted by atomic mass is 16.8. The summed E-state index contributed by atoms with van der Waals surface area (Å²) in [6.45, 7) is 1.76. The summed E-state index contributed by atoms with van der Waals surface area (Å²) in [7, 11) is 0. The predicted molar refractivity (Wildman–Crippen MR) is 466 cm³/mol. The van der Waals surface area contributed by atoms with Crippen LogP contribution in [-0.2, 0) is 33.2 Å². The lowest BCUT2D eigenvalue weighted by atomic mass is 9.96. The van der Waals surface area contributed by atoms with E-state index in [1.54, 1.807) is 6.08 Å². The van der Waals surface area contributed by atoms with E-state index in [4.69, 9.17) is 28.4 Å². The average molecular weight is 1630 g/mol. The van der Waals surface area contributed by atoms with Gasteiger partial charge in [-0.2, -0.15) is 0 Å². The lowest BCUT2D eigenvalue weighted by Crippen LogP contribution is -2.66. The number of amides is 1. The van der Waals surface area contributed by atoms with Crippen molar-refractivity contribution in [1.29, 1.82) is 0 Å². The summed E-state index contributed by atoms with van der Waals surface area (Å²) < 4.78 is 34.5. The summed E-state index contributed by atoms with van der Waals surface area (Å²) in [5.41, 5.74) is 0. The lowest BCUT2D eigenvalue weighted by Gasteiger charge is -2.48. The Bertz CT molecular complexity index is 2350. The van der Waals surface area contributed by atoms with Crippen LogP contribution in [0.15, 0.2) is 72.9 Å². The highest BCUT2D eigenvalue weighted by Crippen LogP contribution is 2.34. The second-order valence-corrected chi connectivity index (χ2v) is 33.8. The van der Waals surface area contributed by atoms with Crippen LogP contribution in [0.1, 0.15) is 399 Å². The van der Waals surface area contributed by atoms with Crippen molar-refractivity contribution in [2.75, 3.05) is 26.4 Å². The topological polar surface area (TPSA) is 307 Å². The number of rotatable bonds is 78. The second-order valence-electron chi connectivity index (χ2n) is 33.8. The molecule has 3 heterocycles. The molecule has 115 heavy (non-hydrogen) atoms. The third-order valence-electron chi connectivity index (χ3n) is 23.5. The highest BCUT2D eigenvalue weighted by Gasteiger charge is 2.54. The number of carbonyl (C=O) groups is 1. The van der Waals surface area contributed by atoms with Crippen LogP contribution >= 0.6 is 0 Å². The van der Waals surface area contributed by atoms with Crippen molar-refractivity contribution >= 4 is 5.91 Å². The van der Waals surface area contributed by atoms with Crippen LogP contribution in [0.2, 0.25) is 0 Å². The van der Waals surface area contributed by atoms with E-state index < -0.39 is 124 Å². The number of unbranched alkanes of at least 4 members (excludes halogenated alkanes) is 52. The maximum absolute atomic E-state index is 13.5. The minimum absolute atomic E-state index is 0.233. The molecule has 3 aliphatic heterocycles. The molecule has 0 radical (unpaired) electrons. The molecule has 0 aliphatic carbocycles. The molecule has 12 N–H and O–H groups in total. The van der Waals surface area contributed by atoms with Gasteiger partial charge in [0.2, 0.25) is 5.91 Å². The van der Waals surface area contributed by atoms with E-state index in [2.05, 4.69) is 79.9 Å². The van der Waals surface area contributed by atoms with Crippen LogP contribution in [-0.4, -0.2) is 193 Å². The fourth-order valence-electron chi connectivity index (χ4n) is 15.9. The Hall–Kier alpha value is -2.77. The zero-order valence-electron chi connectivity index (χ0n) is 72.8. The summed E-state index contributed by atoms with van der Waals surface area (Å²) in [4.78, 5) is 13.5. The van der Waals surface area contributed by atoms with Gasteiger partial charge < -0.3 is 89.9 Å². The molecule has 3 rings (SSSR count). The Labute approximate surface area is 699 Å². The molecule has 0 saturated carbocycles. The van der Waals surface area contributed by atoms with E-state index in [1.807, 2.05) is 6.08 Å². The Morgan fingerprint density at radius 2 is 0.583 bits per heavy atom. The summed E-state index contributed by atoms with van der Waals surface area (Å²) in [5, 5.41) is 121. The van der Waals surface area contributed by atoms with Crippen molar-refractivity contribution in [3.05, 3.63) is 72.9 Å². The van der Waals surface area contributed by atoms with E-state index in [0.29, 0.717) is 12.8 Å². The first-order chi connectivity index (χ1) is 56.3. The average Bonchev–Trinajstić information content (AvgIpc) is 0.779. The molecule has 0 spiro atoms. The number of allylic oxidation sites excluding steroid dienone is 11. The standard InChI is InChI=1S/C96H175NO18/c1-3-5-7-9-11-13-15-17-19-21-23-25-27-29-31-33-35-37-38-39-40-42-44-46-48-50-52-54-56-58-60-62-64-66-68-70-72-74-84(102)97-79(80(101)73-71-69-67-65-63-61-59-57-55-53-51-49-47-45-43-41-36-34-32-30-28-26-24-22-20-18-16-14-12-10-8-6-4-2)78-110-94-90(108)87(105)92(82(76-99)112-94)115-96-91(109)88(106)93(83(77-100)113-96)114-95-89(107)86(104)85(103)81(75-98)111-95/h15,17,21,23,27,29,55,57,63,65,71,73,79-83,85-96,98-101,103-109H,3-14,16,18-20,22,24-26,28,30-54,56,58-62,64,66-70,72,74-78H2,1-2H3,(H,97,102)/b17-15-,23-21-,29-27-,57-55+,65-63+,73-71+. The number of aliphatic hydroxyl groups excluding tert-OH is 11. The molecule has 17 unspecified atom stereocenters.